The average Bonchev–Trinajstić information content (AvgIpc) is 2.48. The lowest BCUT2D eigenvalue weighted by molar-refractivity contribution is 0.0955. The van der Waals surface area contributed by atoms with Crippen molar-refractivity contribution in [1.29, 1.82) is 0 Å². The van der Waals surface area contributed by atoms with Crippen molar-refractivity contribution in [2.45, 2.75) is 0 Å². The van der Waals surface area contributed by atoms with Gasteiger partial charge in [0.05, 0.1) is 13.3 Å². The molecule has 2 aromatic carbocycles. The van der Waals surface area contributed by atoms with Crippen LogP contribution in [0.2, 0.25) is 0 Å². The highest BCUT2D eigenvalue weighted by atomic mass is 16.5. The molecule has 0 aliphatic carbocycles. The average molecular weight is 254 g/mol. The zero-order valence-electron chi connectivity index (χ0n) is 10.5. The molecule has 0 saturated carbocycles. The van der Waals surface area contributed by atoms with Crippen LogP contribution < -0.4 is 10.2 Å². The van der Waals surface area contributed by atoms with E-state index in [-0.39, 0.29) is 5.91 Å². The first-order valence-electron chi connectivity index (χ1n) is 5.82. The van der Waals surface area contributed by atoms with Crippen LogP contribution in [-0.4, -0.2) is 19.2 Å². The Morgan fingerprint density at radius 2 is 1.95 bits per heavy atom. The van der Waals surface area contributed by atoms with E-state index in [1.807, 2.05) is 30.3 Å². The molecule has 0 atom stereocenters. The van der Waals surface area contributed by atoms with Crippen molar-refractivity contribution in [3.63, 3.8) is 0 Å². The number of nitrogens with one attached hydrogen (secondary N) is 1. The summed E-state index contributed by atoms with van der Waals surface area (Å²) in [4.78, 5) is 11.8. The summed E-state index contributed by atoms with van der Waals surface area (Å²) < 4.78 is 5.06. The lowest BCUT2D eigenvalue weighted by Gasteiger charge is -2.02. The molecule has 0 aromatic heterocycles. The van der Waals surface area contributed by atoms with E-state index in [4.69, 9.17) is 4.74 Å². The first-order chi connectivity index (χ1) is 9.29. The maximum Gasteiger partial charge on any atom is 0.271 e. The van der Waals surface area contributed by atoms with Crippen LogP contribution in [-0.2, 0) is 0 Å². The molecule has 4 nitrogen and oxygen atoms in total. The minimum absolute atomic E-state index is 0.272. The van der Waals surface area contributed by atoms with Crippen LogP contribution in [0.1, 0.15) is 15.9 Å². The summed E-state index contributed by atoms with van der Waals surface area (Å²) in [5.41, 5.74) is 3.90. The van der Waals surface area contributed by atoms with E-state index in [9.17, 15) is 4.79 Å². The van der Waals surface area contributed by atoms with Gasteiger partial charge in [0.15, 0.2) is 0 Å². The van der Waals surface area contributed by atoms with Crippen molar-refractivity contribution in [3.8, 4) is 5.75 Å². The van der Waals surface area contributed by atoms with Gasteiger partial charge in [-0.1, -0.05) is 36.4 Å². The smallest absolute Gasteiger partial charge is 0.271 e. The zero-order chi connectivity index (χ0) is 13.5. The minimum atomic E-state index is -0.272. The van der Waals surface area contributed by atoms with Gasteiger partial charge < -0.3 is 4.74 Å². The van der Waals surface area contributed by atoms with Gasteiger partial charge in [0.2, 0.25) is 0 Å². The molecule has 96 valence electrons. The predicted octanol–water partition coefficient (Wildman–Crippen LogP) is 2.46. The summed E-state index contributed by atoms with van der Waals surface area (Å²) in [6.07, 6.45) is 1.60. The molecule has 0 saturated heterocycles. The Morgan fingerprint density at radius 1 is 1.16 bits per heavy atom. The molecule has 0 heterocycles. The number of hydrogen-bond donors (Lipinski definition) is 1. The zero-order valence-corrected chi connectivity index (χ0v) is 10.5. The van der Waals surface area contributed by atoms with Crippen LogP contribution >= 0.6 is 0 Å². The van der Waals surface area contributed by atoms with E-state index in [1.54, 1.807) is 37.6 Å². The summed E-state index contributed by atoms with van der Waals surface area (Å²) in [7, 11) is 1.56. The second-order valence-corrected chi connectivity index (χ2v) is 3.84. The van der Waals surface area contributed by atoms with E-state index < -0.39 is 0 Å². The number of methoxy groups -OCH3 is 1. The number of benzene rings is 2. The minimum Gasteiger partial charge on any atom is -0.497 e. The highest BCUT2D eigenvalue weighted by Crippen LogP contribution is 2.12. The molecule has 2 rings (SSSR count). The fraction of sp³-hybridized carbons (Fsp3) is 0.0667. The largest absolute Gasteiger partial charge is 0.497 e. The topological polar surface area (TPSA) is 50.7 Å². The van der Waals surface area contributed by atoms with E-state index in [2.05, 4.69) is 10.5 Å². The Hall–Kier alpha value is -2.62. The van der Waals surface area contributed by atoms with Gasteiger partial charge >= 0.3 is 0 Å². The SMILES string of the molecule is COc1cccc(C(=O)N/N=C\c2ccccc2)c1. The Morgan fingerprint density at radius 3 is 2.68 bits per heavy atom. The molecule has 0 spiro atoms. The lowest BCUT2D eigenvalue weighted by atomic mass is 10.2. The summed E-state index contributed by atoms with van der Waals surface area (Å²) >= 11 is 0. The number of amides is 1. The highest BCUT2D eigenvalue weighted by molar-refractivity contribution is 5.95. The Balaban J connectivity index is 1.99. The second-order valence-electron chi connectivity index (χ2n) is 3.84. The van der Waals surface area contributed by atoms with Crippen molar-refractivity contribution in [2.24, 2.45) is 5.10 Å². The monoisotopic (exact) mass is 254 g/mol. The second kappa shape index (κ2) is 6.35. The Kier molecular flexibility index (Phi) is 4.29. The third-order valence-corrected chi connectivity index (χ3v) is 2.51. The molecule has 0 unspecified atom stereocenters. The third kappa shape index (κ3) is 3.67. The maximum absolute atomic E-state index is 11.8. The van der Waals surface area contributed by atoms with Gasteiger partial charge in [0.1, 0.15) is 5.75 Å². The number of carbonyl (C=O) groups excluding carboxylic acids is 1. The van der Waals surface area contributed by atoms with Gasteiger partial charge in [-0.05, 0) is 23.8 Å². The Bertz CT molecular complexity index is 580. The molecule has 0 bridgehead atoms. The van der Waals surface area contributed by atoms with E-state index in [1.165, 1.54) is 0 Å². The van der Waals surface area contributed by atoms with Crippen molar-refractivity contribution in [3.05, 3.63) is 65.7 Å². The first kappa shape index (κ1) is 12.8. The van der Waals surface area contributed by atoms with E-state index in [0.717, 1.165) is 5.56 Å². The quantitative estimate of drug-likeness (QED) is 0.673. The number of carbonyl (C=O) groups is 1. The third-order valence-electron chi connectivity index (χ3n) is 2.51. The molecule has 1 amide bonds. The first-order valence-corrected chi connectivity index (χ1v) is 5.82. The molecule has 19 heavy (non-hydrogen) atoms. The van der Waals surface area contributed by atoms with Gasteiger partial charge in [-0.15, -0.1) is 0 Å². The summed E-state index contributed by atoms with van der Waals surface area (Å²) in [5, 5.41) is 3.91. The van der Waals surface area contributed by atoms with Gasteiger partial charge in [0.25, 0.3) is 5.91 Å². The van der Waals surface area contributed by atoms with Crippen LogP contribution in [0.5, 0.6) is 5.75 Å². The molecule has 0 fully saturated rings. The number of ether oxygens (including phenoxy) is 1. The maximum atomic E-state index is 11.8. The van der Waals surface area contributed by atoms with Crippen molar-refractivity contribution >= 4 is 12.1 Å². The molecular weight excluding hydrogens is 240 g/mol. The fourth-order valence-corrected chi connectivity index (χ4v) is 1.53. The van der Waals surface area contributed by atoms with Crippen molar-refractivity contribution in [2.75, 3.05) is 7.11 Å². The van der Waals surface area contributed by atoms with E-state index in [0.29, 0.717) is 11.3 Å². The number of nitrogens with zero attached hydrogens (tertiary/aromatic N) is 1. The number of rotatable bonds is 4. The molecule has 2 aromatic rings. The molecule has 0 aliphatic rings. The van der Waals surface area contributed by atoms with Crippen LogP contribution in [0, 0.1) is 0 Å². The van der Waals surface area contributed by atoms with Crippen molar-refractivity contribution < 1.29 is 9.53 Å². The number of hydrazone groups is 1. The number of hydrogen-bond acceptors (Lipinski definition) is 3. The molecule has 0 radical (unpaired) electrons. The standard InChI is InChI=1S/C15H14N2O2/c1-19-14-9-5-8-13(10-14)15(18)17-16-11-12-6-3-2-4-7-12/h2-11H,1H3,(H,17,18)/b16-11-. The Labute approximate surface area is 111 Å². The lowest BCUT2D eigenvalue weighted by Crippen LogP contribution is -2.17. The molecule has 4 heteroatoms. The predicted molar refractivity (Wildman–Crippen MR) is 74.5 cm³/mol. The molecular formula is C15H14N2O2. The van der Waals surface area contributed by atoms with E-state index >= 15 is 0 Å². The fourth-order valence-electron chi connectivity index (χ4n) is 1.53. The van der Waals surface area contributed by atoms with Crippen LogP contribution in [0.25, 0.3) is 0 Å². The normalized spacial score (nSPS) is 10.4. The van der Waals surface area contributed by atoms with Gasteiger partial charge in [-0.3, -0.25) is 4.79 Å². The summed E-state index contributed by atoms with van der Waals surface area (Å²) in [6.45, 7) is 0. The summed E-state index contributed by atoms with van der Waals surface area (Å²) in [6, 6.07) is 16.5. The van der Waals surface area contributed by atoms with Gasteiger partial charge in [-0.25, -0.2) is 5.43 Å². The van der Waals surface area contributed by atoms with Crippen molar-refractivity contribution in [1.82, 2.24) is 5.43 Å². The van der Waals surface area contributed by atoms with Gasteiger partial charge in [0, 0.05) is 5.56 Å². The van der Waals surface area contributed by atoms with Crippen LogP contribution in [0.4, 0.5) is 0 Å². The molecule has 1 N–H and O–H groups in total. The van der Waals surface area contributed by atoms with Crippen LogP contribution in [0.15, 0.2) is 59.7 Å². The highest BCUT2D eigenvalue weighted by Gasteiger charge is 2.04. The van der Waals surface area contributed by atoms with Crippen LogP contribution in [0.3, 0.4) is 0 Å². The van der Waals surface area contributed by atoms with Gasteiger partial charge in [-0.2, -0.15) is 5.10 Å². The summed E-state index contributed by atoms with van der Waals surface area (Å²) in [5.74, 6) is 0.366. The molecule has 0 aliphatic heterocycles.